The van der Waals surface area contributed by atoms with Crippen molar-refractivity contribution < 1.29 is 19.2 Å². The number of esters is 1. The van der Waals surface area contributed by atoms with Crippen molar-refractivity contribution in [1.82, 2.24) is 10.4 Å². The summed E-state index contributed by atoms with van der Waals surface area (Å²) in [5, 5.41) is 3.60. The average molecular weight is 202 g/mol. The van der Waals surface area contributed by atoms with Crippen LogP contribution in [0.4, 0.5) is 4.79 Å². The first-order chi connectivity index (χ1) is 6.74. The summed E-state index contributed by atoms with van der Waals surface area (Å²) in [6, 6.07) is -0.393. The lowest BCUT2D eigenvalue weighted by Crippen LogP contribution is -2.40. The van der Waals surface area contributed by atoms with Gasteiger partial charge >= 0.3 is 12.0 Å². The molecule has 0 aliphatic carbocycles. The first-order valence-electron chi connectivity index (χ1n) is 4.58. The van der Waals surface area contributed by atoms with Crippen LogP contribution in [0.3, 0.4) is 0 Å². The number of nitrogens with one attached hydrogen (secondary N) is 1. The topological polar surface area (TPSA) is 67.9 Å². The zero-order chi connectivity index (χ0) is 10.4. The molecule has 80 valence electrons. The van der Waals surface area contributed by atoms with E-state index in [0.29, 0.717) is 19.8 Å². The highest BCUT2D eigenvalue weighted by Gasteiger charge is 2.19. The van der Waals surface area contributed by atoms with Gasteiger partial charge in [-0.1, -0.05) is 0 Å². The van der Waals surface area contributed by atoms with E-state index in [1.807, 2.05) is 0 Å². The minimum absolute atomic E-state index is 0.119. The van der Waals surface area contributed by atoms with Gasteiger partial charge in [0.15, 0.2) is 0 Å². The van der Waals surface area contributed by atoms with Crippen LogP contribution in [0.25, 0.3) is 0 Å². The Balaban J connectivity index is 2.17. The van der Waals surface area contributed by atoms with E-state index in [0.717, 1.165) is 6.42 Å². The maximum Gasteiger partial charge on any atom is 0.341 e. The van der Waals surface area contributed by atoms with Gasteiger partial charge in [-0.25, -0.2) is 9.86 Å². The number of hydrogen-bond acceptors (Lipinski definition) is 4. The second kappa shape index (κ2) is 5.43. The number of amides is 2. The zero-order valence-electron chi connectivity index (χ0n) is 8.12. The molecule has 0 radical (unpaired) electrons. The average Bonchev–Trinajstić information content (AvgIpc) is 2.67. The number of carbonyl (C=O) groups excluding carboxylic acids is 2. The standard InChI is InChI=1S/C8H14N2O4/c1-2-13-7(11)6-9-8(12)10-4-3-5-14-10/h2-6H2,1H3,(H,9,12). The van der Waals surface area contributed by atoms with Crippen molar-refractivity contribution in [3.63, 3.8) is 0 Å². The predicted octanol–water partition coefficient (Wildman–Crippen LogP) is -0.104. The monoisotopic (exact) mass is 202 g/mol. The Morgan fingerprint density at radius 3 is 2.93 bits per heavy atom. The molecule has 0 bridgehead atoms. The van der Waals surface area contributed by atoms with Gasteiger partial charge in [-0.05, 0) is 13.3 Å². The molecule has 6 nitrogen and oxygen atoms in total. The lowest BCUT2D eigenvalue weighted by atomic mass is 10.5. The van der Waals surface area contributed by atoms with Crippen LogP contribution in [0.1, 0.15) is 13.3 Å². The number of carbonyl (C=O) groups is 2. The molecule has 1 rings (SSSR count). The molecule has 1 aliphatic heterocycles. The van der Waals surface area contributed by atoms with Gasteiger partial charge in [0.05, 0.1) is 19.8 Å². The number of ether oxygens (including phenoxy) is 1. The van der Waals surface area contributed by atoms with Crippen LogP contribution < -0.4 is 5.32 Å². The summed E-state index contributed by atoms with van der Waals surface area (Å²) >= 11 is 0. The van der Waals surface area contributed by atoms with Crippen LogP contribution in [0, 0.1) is 0 Å². The van der Waals surface area contributed by atoms with Crippen molar-refractivity contribution in [2.24, 2.45) is 0 Å². The van der Waals surface area contributed by atoms with Crippen molar-refractivity contribution in [3.05, 3.63) is 0 Å². The first kappa shape index (κ1) is 10.8. The summed E-state index contributed by atoms with van der Waals surface area (Å²) in [6.45, 7) is 3.02. The molecule has 6 heteroatoms. The second-order valence-corrected chi connectivity index (χ2v) is 2.75. The first-order valence-corrected chi connectivity index (χ1v) is 4.58. The fourth-order valence-corrected chi connectivity index (χ4v) is 1.06. The summed E-state index contributed by atoms with van der Waals surface area (Å²) in [5.41, 5.74) is 0. The smallest absolute Gasteiger partial charge is 0.341 e. The predicted molar refractivity (Wildman–Crippen MR) is 47.3 cm³/mol. The minimum Gasteiger partial charge on any atom is -0.465 e. The normalized spacial score (nSPS) is 15.4. The number of rotatable bonds is 3. The van der Waals surface area contributed by atoms with Crippen LogP contribution in [-0.2, 0) is 14.4 Å². The zero-order valence-corrected chi connectivity index (χ0v) is 8.12. The molecule has 14 heavy (non-hydrogen) atoms. The second-order valence-electron chi connectivity index (χ2n) is 2.75. The summed E-state index contributed by atoms with van der Waals surface area (Å²) in [6.07, 6.45) is 0.826. The maximum atomic E-state index is 11.2. The Hall–Kier alpha value is -1.30. The highest BCUT2D eigenvalue weighted by Crippen LogP contribution is 2.03. The molecule has 0 aromatic heterocycles. The van der Waals surface area contributed by atoms with Crippen molar-refractivity contribution in [2.75, 3.05) is 26.3 Å². The van der Waals surface area contributed by atoms with E-state index in [4.69, 9.17) is 4.84 Å². The molecule has 1 aliphatic rings. The van der Waals surface area contributed by atoms with Gasteiger partial charge in [0, 0.05) is 0 Å². The Bertz CT molecular complexity index is 213. The van der Waals surface area contributed by atoms with Gasteiger partial charge in [-0.15, -0.1) is 0 Å². The van der Waals surface area contributed by atoms with Gasteiger partial charge in [-0.2, -0.15) is 0 Å². The highest BCUT2D eigenvalue weighted by molar-refractivity contribution is 5.80. The van der Waals surface area contributed by atoms with Crippen LogP contribution in [-0.4, -0.2) is 43.4 Å². The van der Waals surface area contributed by atoms with E-state index in [2.05, 4.69) is 10.1 Å². The van der Waals surface area contributed by atoms with Gasteiger partial charge in [-0.3, -0.25) is 9.63 Å². The molecular formula is C8H14N2O4. The summed E-state index contributed by atoms with van der Waals surface area (Å²) < 4.78 is 4.64. The molecule has 1 fully saturated rings. The highest BCUT2D eigenvalue weighted by atomic mass is 16.7. The van der Waals surface area contributed by atoms with Crippen LogP contribution in [0.2, 0.25) is 0 Å². The summed E-state index contributed by atoms with van der Waals surface area (Å²) in [4.78, 5) is 27.1. The Morgan fingerprint density at radius 2 is 2.36 bits per heavy atom. The third-order valence-electron chi connectivity index (χ3n) is 1.67. The third-order valence-corrected chi connectivity index (χ3v) is 1.67. The molecule has 0 aromatic carbocycles. The van der Waals surface area contributed by atoms with Crippen molar-refractivity contribution in [2.45, 2.75) is 13.3 Å². The van der Waals surface area contributed by atoms with E-state index < -0.39 is 12.0 Å². The molecule has 2 amide bonds. The van der Waals surface area contributed by atoms with Gasteiger partial charge in [0.2, 0.25) is 0 Å². The fourth-order valence-electron chi connectivity index (χ4n) is 1.06. The fraction of sp³-hybridized carbons (Fsp3) is 0.750. The number of nitrogens with zero attached hydrogens (tertiary/aromatic N) is 1. The Labute approximate surface area is 82.1 Å². The number of hydroxylamine groups is 2. The van der Waals surface area contributed by atoms with Gasteiger partial charge < -0.3 is 10.1 Å². The van der Waals surface area contributed by atoms with Crippen LogP contribution in [0.5, 0.6) is 0 Å². The van der Waals surface area contributed by atoms with E-state index in [1.54, 1.807) is 6.92 Å². The van der Waals surface area contributed by atoms with Crippen molar-refractivity contribution >= 4 is 12.0 Å². The summed E-state index contributed by atoms with van der Waals surface area (Å²) in [7, 11) is 0. The lowest BCUT2D eigenvalue weighted by molar-refractivity contribution is -0.142. The Kier molecular flexibility index (Phi) is 4.18. The molecule has 1 N–H and O–H groups in total. The maximum absolute atomic E-state index is 11.2. The summed E-state index contributed by atoms with van der Waals surface area (Å²) in [5.74, 6) is -0.444. The van der Waals surface area contributed by atoms with E-state index in [9.17, 15) is 9.59 Å². The minimum atomic E-state index is -0.444. The Morgan fingerprint density at radius 1 is 1.57 bits per heavy atom. The van der Waals surface area contributed by atoms with Crippen molar-refractivity contribution in [3.8, 4) is 0 Å². The molecular weight excluding hydrogens is 188 g/mol. The molecule has 0 atom stereocenters. The van der Waals surface area contributed by atoms with Crippen LogP contribution >= 0.6 is 0 Å². The van der Waals surface area contributed by atoms with E-state index in [-0.39, 0.29) is 6.54 Å². The molecule has 0 saturated carbocycles. The van der Waals surface area contributed by atoms with E-state index >= 15 is 0 Å². The molecule has 0 spiro atoms. The molecule has 0 unspecified atom stereocenters. The van der Waals surface area contributed by atoms with Gasteiger partial charge in [0.25, 0.3) is 0 Å². The SMILES string of the molecule is CCOC(=O)CNC(=O)N1CCCO1. The molecule has 1 saturated heterocycles. The van der Waals surface area contributed by atoms with Crippen LogP contribution in [0.15, 0.2) is 0 Å². The molecule has 0 aromatic rings. The third kappa shape index (κ3) is 3.21. The number of hydrogen-bond donors (Lipinski definition) is 1. The van der Waals surface area contributed by atoms with E-state index in [1.165, 1.54) is 5.06 Å². The largest absolute Gasteiger partial charge is 0.465 e. The number of urea groups is 1. The van der Waals surface area contributed by atoms with Crippen molar-refractivity contribution in [1.29, 1.82) is 0 Å². The quantitative estimate of drug-likeness (QED) is 0.649. The molecule has 1 heterocycles. The lowest BCUT2D eigenvalue weighted by Gasteiger charge is -2.13. The van der Waals surface area contributed by atoms with Gasteiger partial charge in [0.1, 0.15) is 6.54 Å².